The second-order valence-corrected chi connectivity index (χ2v) is 8.94. The van der Waals surface area contributed by atoms with Crippen LogP contribution in [0.4, 0.5) is 5.69 Å². The topological polar surface area (TPSA) is 93.5 Å². The van der Waals surface area contributed by atoms with Crippen molar-refractivity contribution >= 4 is 23.5 Å². The molecule has 172 valence electrons. The Bertz CT molecular complexity index is 1040. The van der Waals surface area contributed by atoms with Gasteiger partial charge in [-0.05, 0) is 51.7 Å². The van der Waals surface area contributed by atoms with Gasteiger partial charge in [-0.2, -0.15) is 5.10 Å². The number of rotatable bonds is 7. The molecule has 2 aromatic rings. The molecule has 8 heteroatoms. The van der Waals surface area contributed by atoms with E-state index in [1.54, 1.807) is 18.7 Å². The van der Waals surface area contributed by atoms with Crippen LogP contribution >= 0.6 is 0 Å². The van der Waals surface area contributed by atoms with Crippen LogP contribution in [-0.4, -0.2) is 46.3 Å². The molecule has 0 radical (unpaired) electrons. The molecule has 1 atom stereocenters. The minimum Gasteiger partial charge on any atom is -0.461 e. The number of anilines is 1. The van der Waals surface area contributed by atoms with Gasteiger partial charge >= 0.3 is 5.97 Å². The number of nitrogens with one attached hydrogen (secondary N) is 1. The maximum absolute atomic E-state index is 13.7. The van der Waals surface area contributed by atoms with Crippen LogP contribution in [0, 0.1) is 19.8 Å². The average Bonchev–Trinajstić information content (AvgIpc) is 3.13. The maximum Gasteiger partial charge on any atom is 0.358 e. The zero-order valence-electron chi connectivity index (χ0n) is 19.7. The molecule has 0 bridgehead atoms. The second kappa shape index (κ2) is 9.14. The van der Waals surface area contributed by atoms with E-state index in [9.17, 15) is 14.4 Å². The van der Waals surface area contributed by atoms with Crippen LogP contribution in [0.2, 0.25) is 0 Å². The first-order valence-corrected chi connectivity index (χ1v) is 11.0. The normalized spacial score (nSPS) is 18.0. The lowest BCUT2D eigenvalue weighted by Gasteiger charge is -2.43. The summed E-state index contributed by atoms with van der Waals surface area (Å²) in [5, 5.41) is 7.28. The molecule has 1 aromatic heterocycles. The number of aromatic nitrogens is 2. The number of hydrogen-bond acceptors (Lipinski definition) is 5. The van der Waals surface area contributed by atoms with Gasteiger partial charge < -0.3 is 10.1 Å². The van der Waals surface area contributed by atoms with Gasteiger partial charge in [0.15, 0.2) is 5.69 Å². The minimum atomic E-state index is -1.22. The van der Waals surface area contributed by atoms with Gasteiger partial charge in [0.1, 0.15) is 11.2 Å². The van der Waals surface area contributed by atoms with Crippen molar-refractivity contribution in [1.29, 1.82) is 0 Å². The van der Waals surface area contributed by atoms with Crippen molar-refractivity contribution in [2.45, 2.75) is 60.0 Å². The monoisotopic (exact) mass is 440 g/mol. The zero-order chi connectivity index (χ0) is 23.6. The molecule has 0 saturated carbocycles. The molecule has 2 amide bonds. The van der Waals surface area contributed by atoms with Crippen molar-refractivity contribution in [3.63, 3.8) is 0 Å². The summed E-state index contributed by atoms with van der Waals surface area (Å²) in [6.45, 7) is 12.4. The summed E-state index contributed by atoms with van der Waals surface area (Å²) < 4.78 is 6.48. The third-order valence-corrected chi connectivity index (χ3v) is 5.73. The lowest BCUT2D eigenvalue weighted by Crippen LogP contribution is -2.64. The van der Waals surface area contributed by atoms with E-state index >= 15 is 0 Å². The number of nitrogens with zero attached hydrogens (tertiary/aromatic N) is 3. The lowest BCUT2D eigenvalue weighted by atomic mass is 9.92. The van der Waals surface area contributed by atoms with Gasteiger partial charge in [-0.3, -0.25) is 19.2 Å². The molecule has 1 aromatic carbocycles. The number of amides is 2. The Morgan fingerprint density at radius 2 is 1.97 bits per heavy atom. The highest BCUT2D eigenvalue weighted by Gasteiger charge is 2.49. The van der Waals surface area contributed by atoms with Crippen LogP contribution in [0.1, 0.15) is 66.2 Å². The van der Waals surface area contributed by atoms with E-state index in [4.69, 9.17) is 4.74 Å². The molecular weight excluding hydrogens is 408 g/mol. The Labute approximate surface area is 188 Å². The number of aryl methyl sites for hydroxylation is 2. The molecule has 1 aliphatic heterocycles. The largest absolute Gasteiger partial charge is 0.461 e. The van der Waals surface area contributed by atoms with Crippen LogP contribution in [-0.2, 0) is 16.1 Å². The Kier molecular flexibility index (Phi) is 6.71. The molecule has 1 N–H and O–H groups in total. The predicted octanol–water partition coefficient (Wildman–Crippen LogP) is 3.26. The number of ether oxygens (including phenoxy) is 1. The molecule has 1 unspecified atom stereocenters. The average molecular weight is 441 g/mol. The first kappa shape index (κ1) is 23.5. The van der Waals surface area contributed by atoms with Crippen molar-refractivity contribution in [3.8, 4) is 0 Å². The number of carbonyl (C=O) groups is 3. The number of hydrogen-bond donors (Lipinski definition) is 1. The van der Waals surface area contributed by atoms with E-state index in [2.05, 4.69) is 24.3 Å². The fourth-order valence-electron chi connectivity index (χ4n) is 3.98. The summed E-state index contributed by atoms with van der Waals surface area (Å²) in [6.07, 6.45) is 0.833. The standard InChI is InChI=1S/C24H32N4O4/c1-7-32-22(30)18-13-20-21(29)28(19-9-8-16(4)12-17(19)5)24(6,14-27(20)26-18)23(31)25-11-10-15(2)3/h8-9,12-13,15H,7,10-11,14H2,1-6H3,(H,25,31). The molecule has 0 fully saturated rings. The van der Waals surface area contributed by atoms with Crippen molar-refractivity contribution in [2.24, 2.45) is 5.92 Å². The summed E-state index contributed by atoms with van der Waals surface area (Å²) in [5.74, 6) is -0.794. The summed E-state index contributed by atoms with van der Waals surface area (Å²) >= 11 is 0. The van der Waals surface area contributed by atoms with Crippen molar-refractivity contribution in [3.05, 3.63) is 46.8 Å². The number of benzene rings is 1. The van der Waals surface area contributed by atoms with Crippen LogP contribution in [0.5, 0.6) is 0 Å². The summed E-state index contributed by atoms with van der Waals surface area (Å²) in [6, 6.07) is 7.20. The summed E-state index contributed by atoms with van der Waals surface area (Å²) in [4.78, 5) is 40.9. The van der Waals surface area contributed by atoms with Gasteiger partial charge in [0, 0.05) is 18.3 Å². The molecular formula is C24H32N4O4. The molecule has 0 saturated heterocycles. The van der Waals surface area contributed by atoms with Gasteiger partial charge in [-0.25, -0.2) is 4.79 Å². The quantitative estimate of drug-likeness (QED) is 0.667. The number of fused-ring (bicyclic) bond motifs is 1. The lowest BCUT2D eigenvalue weighted by molar-refractivity contribution is -0.126. The van der Waals surface area contributed by atoms with Crippen LogP contribution in [0.3, 0.4) is 0 Å². The van der Waals surface area contributed by atoms with Crippen molar-refractivity contribution in [1.82, 2.24) is 15.1 Å². The van der Waals surface area contributed by atoms with Gasteiger partial charge in [0.05, 0.1) is 13.2 Å². The molecule has 0 aliphatic carbocycles. The predicted molar refractivity (Wildman–Crippen MR) is 122 cm³/mol. The minimum absolute atomic E-state index is 0.0558. The van der Waals surface area contributed by atoms with Gasteiger partial charge in [-0.1, -0.05) is 31.5 Å². The molecule has 1 aliphatic rings. The Morgan fingerprint density at radius 3 is 2.59 bits per heavy atom. The smallest absolute Gasteiger partial charge is 0.358 e. The molecule has 32 heavy (non-hydrogen) atoms. The van der Waals surface area contributed by atoms with Crippen LogP contribution < -0.4 is 10.2 Å². The molecule has 2 heterocycles. The first-order valence-electron chi connectivity index (χ1n) is 11.0. The third kappa shape index (κ3) is 4.40. The fourth-order valence-corrected chi connectivity index (χ4v) is 3.98. The first-order chi connectivity index (χ1) is 15.1. The second-order valence-electron chi connectivity index (χ2n) is 8.94. The molecule has 0 spiro atoms. The van der Waals surface area contributed by atoms with E-state index in [0.717, 1.165) is 17.5 Å². The van der Waals surface area contributed by atoms with Crippen molar-refractivity contribution in [2.75, 3.05) is 18.1 Å². The van der Waals surface area contributed by atoms with Gasteiger partial charge in [-0.15, -0.1) is 0 Å². The summed E-state index contributed by atoms with van der Waals surface area (Å²) in [7, 11) is 0. The third-order valence-electron chi connectivity index (χ3n) is 5.73. The van der Waals surface area contributed by atoms with Gasteiger partial charge in [0.25, 0.3) is 5.91 Å². The number of carbonyl (C=O) groups excluding carboxylic acids is 3. The Balaban J connectivity index is 2.07. The highest BCUT2D eigenvalue weighted by molar-refractivity contribution is 6.12. The number of esters is 1. The van der Waals surface area contributed by atoms with Crippen molar-refractivity contribution < 1.29 is 19.1 Å². The SMILES string of the molecule is CCOC(=O)c1cc2n(n1)CC(C)(C(=O)NCCC(C)C)N(c1ccc(C)cc1C)C2=O. The molecule has 3 rings (SSSR count). The highest BCUT2D eigenvalue weighted by Crippen LogP contribution is 2.35. The van der Waals surface area contributed by atoms with Crippen LogP contribution in [0.15, 0.2) is 24.3 Å². The Hall–Kier alpha value is -3.16. The van der Waals surface area contributed by atoms with E-state index in [1.807, 2.05) is 32.0 Å². The Morgan fingerprint density at radius 1 is 1.25 bits per heavy atom. The molecule has 8 nitrogen and oxygen atoms in total. The zero-order valence-corrected chi connectivity index (χ0v) is 19.7. The highest BCUT2D eigenvalue weighted by atomic mass is 16.5. The van der Waals surface area contributed by atoms with E-state index in [-0.39, 0.29) is 36.4 Å². The van der Waals surface area contributed by atoms with Crippen LogP contribution in [0.25, 0.3) is 0 Å². The maximum atomic E-state index is 13.7. The van der Waals surface area contributed by atoms with E-state index in [1.165, 1.54) is 10.7 Å². The summed E-state index contributed by atoms with van der Waals surface area (Å²) in [5.41, 5.74) is 1.69. The van der Waals surface area contributed by atoms with E-state index in [0.29, 0.717) is 18.2 Å². The fraction of sp³-hybridized carbons (Fsp3) is 0.500. The van der Waals surface area contributed by atoms with Gasteiger partial charge in [0.2, 0.25) is 5.91 Å². The van der Waals surface area contributed by atoms with E-state index < -0.39 is 11.5 Å².